The average molecular weight is 154 g/mol. The highest BCUT2D eigenvalue weighted by Gasteiger charge is 1.98. The van der Waals surface area contributed by atoms with E-state index in [-0.39, 0.29) is 5.82 Å². The van der Waals surface area contributed by atoms with E-state index in [1.807, 2.05) is 0 Å². The van der Waals surface area contributed by atoms with Crippen LogP contribution in [0.25, 0.3) is 0 Å². The zero-order valence-corrected chi connectivity index (χ0v) is 6.41. The summed E-state index contributed by atoms with van der Waals surface area (Å²) in [6, 6.07) is 4.88. The third-order valence-corrected chi connectivity index (χ3v) is 1.69. The van der Waals surface area contributed by atoms with E-state index < -0.39 is 0 Å². The topological polar surface area (TPSA) is 0 Å². The van der Waals surface area contributed by atoms with Crippen LogP contribution in [0.15, 0.2) is 18.2 Å². The predicted molar refractivity (Wildman–Crippen MR) is 43.9 cm³/mol. The van der Waals surface area contributed by atoms with Gasteiger partial charge in [0.15, 0.2) is 0 Å². The Balaban J connectivity index is 3.27. The van der Waals surface area contributed by atoms with Crippen LogP contribution in [-0.4, -0.2) is 5.37 Å². The molecule has 0 heterocycles. The Hall–Kier alpha value is -0.760. The minimum atomic E-state index is -0.196. The number of thiocarbonyl (C=S) groups is 1. The molecular weight excluding hydrogens is 147 g/mol. The van der Waals surface area contributed by atoms with Gasteiger partial charge in [-0.25, -0.2) is 4.39 Å². The van der Waals surface area contributed by atoms with Gasteiger partial charge in [0.25, 0.3) is 0 Å². The lowest BCUT2D eigenvalue weighted by Crippen LogP contribution is -1.88. The van der Waals surface area contributed by atoms with Crippen molar-refractivity contribution in [2.75, 3.05) is 0 Å². The van der Waals surface area contributed by atoms with Gasteiger partial charge in [0.2, 0.25) is 0 Å². The van der Waals surface area contributed by atoms with Crippen LogP contribution in [0.1, 0.15) is 11.1 Å². The third kappa shape index (κ3) is 1.21. The number of benzene rings is 1. The number of hydrogen-bond acceptors (Lipinski definition) is 1. The molecule has 1 aromatic carbocycles. The van der Waals surface area contributed by atoms with Crippen molar-refractivity contribution < 1.29 is 4.39 Å². The Kier molecular flexibility index (Phi) is 2.12. The lowest BCUT2D eigenvalue weighted by molar-refractivity contribution is 0.618. The van der Waals surface area contributed by atoms with Crippen LogP contribution in [0.4, 0.5) is 4.39 Å². The van der Waals surface area contributed by atoms with E-state index in [2.05, 4.69) is 12.2 Å². The van der Waals surface area contributed by atoms with E-state index >= 15 is 0 Å². The molecule has 2 heteroatoms. The molecule has 0 bridgehead atoms. The highest BCUT2D eigenvalue weighted by Crippen LogP contribution is 2.09. The highest BCUT2D eigenvalue weighted by molar-refractivity contribution is 7.79. The van der Waals surface area contributed by atoms with E-state index in [0.717, 1.165) is 5.56 Å². The van der Waals surface area contributed by atoms with Gasteiger partial charge in [0.05, 0.1) is 0 Å². The van der Waals surface area contributed by atoms with E-state index in [1.165, 1.54) is 11.4 Å². The first-order valence-electron chi connectivity index (χ1n) is 2.96. The lowest BCUT2D eigenvalue weighted by atomic mass is 10.1. The van der Waals surface area contributed by atoms with Crippen LogP contribution >= 0.6 is 12.2 Å². The smallest absolute Gasteiger partial charge is 0.126 e. The Labute approximate surface area is 64.7 Å². The second-order valence-corrected chi connectivity index (χ2v) is 2.31. The minimum absolute atomic E-state index is 0.196. The number of halogens is 1. The molecule has 1 aromatic rings. The fraction of sp³-hybridized carbons (Fsp3) is 0.125. The fourth-order valence-electron chi connectivity index (χ4n) is 0.752. The summed E-state index contributed by atoms with van der Waals surface area (Å²) in [5, 5.41) is 1.48. The van der Waals surface area contributed by atoms with Crippen molar-refractivity contribution in [1.82, 2.24) is 0 Å². The summed E-state index contributed by atoms with van der Waals surface area (Å²) in [7, 11) is 0. The van der Waals surface area contributed by atoms with Crippen LogP contribution in [0, 0.1) is 12.7 Å². The van der Waals surface area contributed by atoms with Crippen molar-refractivity contribution >= 4 is 17.6 Å². The molecule has 0 aliphatic heterocycles. The standard InChI is InChI=1S/C8H7FS/c1-6-7(5-10)3-2-4-8(6)9/h2-5H,1H3. The third-order valence-electron chi connectivity index (χ3n) is 1.44. The quantitative estimate of drug-likeness (QED) is 0.560. The molecule has 0 amide bonds. The van der Waals surface area contributed by atoms with Crippen LogP contribution in [-0.2, 0) is 0 Å². The van der Waals surface area contributed by atoms with Gasteiger partial charge < -0.3 is 0 Å². The van der Waals surface area contributed by atoms with Gasteiger partial charge in [-0.05, 0) is 24.1 Å². The Morgan fingerprint density at radius 3 is 2.70 bits per heavy atom. The van der Waals surface area contributed by atoms with Gasteiger partial charge in [0.1, 0.15) is 5.82 Å². The van der Waals surface area contributed by atoms with E-state index in [1.54, 1.807) is 19.1 Å². The van der Waals surface area contributed by atoms with E-state index in [0.29, 0.717) is 5.56 Å². The van der Waals surface area contributed by atoms with Gasteiger partial charge in [-0.3, -0.25) is 0 Å². The van der Waals surface area contributed by atoms with Crippen LogP contribution in [0.3, 0.4) is 0 Å². The second-order valence-electron chi connectivity index (χ2n) is 2.07. The van der Waals surface area contributed by atoms with Gasteiger partial charge in [-0.2, -0.15) is 0 Å². The molecule has 10 heavy (non-hydrogen) atoms. The first-order chi connectivity index (χ1) is 4.75. The van der Waals surface area contributed by atoms with E-state index in [4.69, 9.17) is 0 Å². The number of rotatable bonds is 1. The summed E-state index contributed by atoms with van der Waals surface area (Å²) in [6.45, 7) is 1.72. The summed E-state index contributed by atoms with van der Waals surface area (Å²) >= 11 is 4.67. The predicted octanol–water partition coefficient (Wildman–Crippen LogP) is 2.48. The first-order valence-corrected chi connectivity index (χ1v) is 3.43. The molecule has 0 nitrogen and oxygen atoms in total. The zero-order chi connectivity index (χ0) is 7.56. The molecule has 0 aliphatic carbocycles. The van der Waals surface area contributed by atoms with Gasteiger partial charge in [-0.15, -0.1) is 0 Å². The normalized spacial score (nSPS) is 9.40. The monoisotopic (exact) mass is 154 g/mol. The van der Waals surface area contributed by atoms with Crippen molar-refractivity contribution in [3.05, 3.63) is 35.1 Å². The van der Waals surface area contributed by atoms with Crippen LogP contribution in [0.2, 0.25) is 0 Å². The Bertz CT molecular complexity index is 255. The summed E-state index contributed by atoms with van der Waals surface area (Å²) in [5.74, 6) is -0.196. The summed E-state index contributed by atoms with van der Waals surface area (Å²) in [4.78, 5) is 0. The van der Waals surface area contributed by atoms with Crippen LogP contribution in [0.5, 0.6) is 0 Å². The molecule has 0 saturated heterocycles. The maximum atomic E-state index is 12.7. The largest absolute Gasteiger partial charge is 0.207 e. The molecule has 0 aliphatic rings. The van der Waals surface area contributed by atoms with Crippen molar-refractivity contribution in [2.45, 2.75) is 6.92 Å². The molecule has 0 saturated carbocycles. The van der Waals surface area contributed by atoms with Crippen molar-refractivity contribution in [2.24, 2.45) is 0 Å². The molecule has 52 valence electrons. The molecule has 0 fully saturated rings. The molecule has 0 radical (unpaired) electrons. The van der Waals surface area contributed by atoms with Gasteiger partial charge >= 0.3 is 0 Å². The average Bonchev–Trinajstić information content (AvgIpc) is 1.95. The van der Waals surface area contributed by atoms with Crippen LogP contribution < -0.4 is 0 Å². The van der Waals surface area contributed by atoms with Gasteiger partial charge in [-0.1, -0.05) is 24.4 Å². The molecule has 0 N–H and O–H groups in total. The Morgan fingerprint density at radius 1 is 1.50 bits per heavy atom. The minimum Gasteiger partial charge on any atom is -0.207 e. The molecule has 0 spiro atoms. The summed E-state index contributed by atoms with van der Waals surface area (Å²) in [5.41, 5.74) is 1.41. The van der Waals surface area contributed by atoms with Crippen molar-refractivity contribution in [3.63, 3.8) is 0 Å². The molecular formula is C8H7FS. The van der Waals surface area contributed by atoms with Crippen molar-refractivity contribution in [3.8, 4) is 0 Å². The maximum Gasteiger partial charge on any atom is 0.126 e. The zero-order valence-electron chi connectivity index (χ0n) is 5.60. The second kappa shape index (κ2) is 2.88. The lowest BCUT2D eigenvalue weighted by Gasteiger charge is -1.97. The van der Waals surface area contributed by atoms with E-state index in [9.17, 15) is 4.39 Å². The molecule has 1 rings (SSSR count). The number of hydrogen-bond donors (Lipinski definition) is 0. The molecule has 0 atom stereocenters. The highest BCUT2D eigenvalue weighted by atomic mass is 32.1. The van der Waals surface area contributed by atoms with Gasteiger partial charge in [0, 0.05) is 5.37 Å². The summed E-state index contributed by atoms with van der Waals surface area (Å²) in [6.07, 6.45) is 0. The molecule has 0 aromatic heterocycles. The maximum absolute atomic E-state index is 12.7. The summed E-state index contributed by atoms with van der Waals surface area (Å²) < 4.78 is 12.7. The van der Waals surface area contributed by atoms with Crippen molar-refractivity contribution in [1.29, 1.82) is 0 Å². The molecule has 0 unspecified atom stereocenters. The Morgan fingerprint density at radius 2 is 2.20 bits per heavy atom. The fourth-order valence-corrected chi connectivity index (χ4v) is 1.01. The first kappa shape index (κ1) is 7.35. The SMILES string of the molecule is Cc1c(F)cccc1C=S.